The summed E-state index contributed by atoms with van der Waals surface area (Å²) in [5.41, 5.74) is 2.22. The van der Waals surface area contributed by atoms with Gasteiger partial charge < -0.3 is 15.5 Å². The van der Waals surface area contributed by atoms with Crippen molar-refractivity contribution in [2.45, 2.75) is 13.8 Å². The number of carbonyl (C=O) groups excluding carboxylic acids is 1. The highest BCUT2D eigenvalue weighted by Crippen LogP contribution is 2.20. The molecule has 4 nitrogen and oxygen atoms in total. The van der Waals surface area contributed by atoms with Crippen molar-refractivity contribution in [1.82, 2.24) is 0 Å². The summed E-state index contributed by atoms with van der Waals surface area (Å²) in [6.07, 6.45) is 6.92. The van der Waals surface area contributed by atoms with E-state index in [-0.39, 0.29) is 5.92 Å². The molecule has 1 rings (SSSR count). The number of aldehydes is 1. The molecule has 0 fully saturated rings. The van der Waals surface area contributed by atoms with Crippen LogP contribution in [0.15, 0.2) is 59.2 Å². The van der Waals surface area contributed by atoms with Gasteiger partial charge in [-0.2, -0.15) is 17.7 Å². The summed E-state index contributed by atoms with van der Waals surface area (Å²) in [5.74, 6) is 8.20. The SMILES string of the molecule is C/C=C(\C=C/C(C)C=O)CSCN(/C(CS)=N\N)c1ccccc1. The number of allylic oxidation sites excluding steroid dienone is 3. The Hall–Kier alpha value is -1.66. The lowest BCUT2D eigenvalue weighted by molar-refractivity contribution is -0.109. The molecule has 1 unspecified atom stereocenters. The molecule has 1 aromatic rings. The van der Waals surface area contributed by atoms with Crippen molar-refractivity contribution in [3.63, 3.8) is 0 Å². The third-order valence-electron chi connectivity index (χ3n) is 3.36. The highest BCUT2D eigenvalue weighted by molar-refractivity contribution is 7.99. The molecule has 0 saturated carbocycles. The summed E-state index contributed by atoms with van der Waals surface area (Å²) in [6.45, 7) is 3.87. The molecule has 6 heteroatoms. The van der Waals surface area contributed by atoms with Crippen molar-refractivity contribution in [3.05, 3.63) is 54.1 Å². The molecule has 0 heterocycles. The first-order valence-corrected chi connectivity index (χ1v) is 9.51. The number of thiol groups is 1. The molecular formula is C18H25N3OS2. The van der Waals surface area contributed by atoms with Gasteiger partial charge in [-0.25, -0.2) is 0 Å². The van der Waals surface area contributed by atoms with Gasteiger partial charge in [0.1, 0.15) is 12.1 Å². The van der Waals surface area contributed by atoms with Gasteiger partial charge in [0.05, 0.1) is 11.6 Å². The molecule has 0 radical (unpaired) electrons. The van der Waals surface area contributed by atoms with Gasteiger partial charge in [0.2, 0.25) is 0 Å². The van der Waals surface area contributed by atoms with Crippen LogP contribution in [0.5, 0.6) is 0 Å². The Balaban J connectivity index is 2.72. The van der Waals surface area contributed by atoms with E-state index in [0.717, 1.165) is 29.4 Å². The van der Waals surface area contributed by atoms with Gasteiger partial charge in [0.25, 0.3) is 0 Å². The fourth-order valence-electron chi connectivity index (χ4n) is 1.91. The van der Waals surface area contributed by atoms with Crippen LogP contribution < -0.4 is 10.7 Å². The maximum Gasteiger partial charge on any atom is 0.139 e. The fourth-order valence-corrected chi connectivity index (χ4v) is 3.23. The molecule has 0 bridgehead atoms. The van der Waals surface area contributed by atoms with E-state index >= 15 is 0 Å². The van der Waals surface area contributed by atoms with Crippen molar-refractivity contribution in [1.29, 1.82) is 0 Å². The second-order valence-electron chi connectivity index (χ2n) is 5.16. The lowest BCUT2D eigenvalue weighted by atomic mass is 10.1. The Labute approximate surface area is 154 Å². The lowest BCUT2D eigenvalue weighted by Gasteiger charge is -2.24. The van der Waals surface area contributed by atoms with E-state index in [1.54, 1.807) is 11.8 Å². The Morgan fingerprint density at radius 1 is 1.42 bits per heavy atom. The van der Waals surface area contributed by atoms with Crippen LogP contribution in [0.3, 0.4) is 0 Å². The number of hydrogen-bond acceptors (Lipinski definition) is 5. The number of benzene rings is 1. The van der Waals surface area contributed by atoms with Gasteiger partial charge in [-0.3, -0.25) is 0 Å². The predicted molar refractivity (Wildman–Crippen MR) is 110 cm³/mol. The number of nitrogens with two attached hydrogens (primary N) is 1. The minimum absolute atomic E-state index is 0.0640. The van der Waals surface area contributed by atoms with Gasteiger partial charge in [0, 0.05) is 17.4 Å². The zero-order valence-electron chi connectivity index (χ0n) is 14.1. The molecular weight excluding hydrogens is 338 g/mol. The summed E-state index contributed by atoms with van der Waals surface area (Å²) in [4.78, 5) is 12.8. The topological polar surface area (TPSA) is 58.7 Å². The first-order chi connectivity index (χ1) is 11.7. The number of thioether (sulfide) groups is 1. The molecule has 1 atom stereocenters. The number of nitrogens with zero attached hydrogens (tertiary/aromatic N) is 2. The highest BCUT2D eigenvalue weighted by Gasteiger charge is 2.12. The number of para-hydroxylation sites is 1. The average molecular weight is 364 g/mol. The van der Waals surface area contributed by atoms with Crippen molar-refractivity contribution in [2.75, 3.05) is 22.3 Å². The van der Waals surface area contributed by atoms with Crippen molar-refractivity contribution in [2.24, 2.45) is 16.9 Å². The summed E-state index contributed by atoms with van der Waals surface area (Å²) >= 11 is 6.07. The summed E-state index contributed by atoms with van der Waals surface area (Å²) in [7, 11) is 0. The predicted octanol–water partition coefficient (Wildman–Crippen LogP) is 3.72. The van der Waals surface area contributed by atoms with E-state index in [2.05, 4.69) is 28.7 Å². The van der Waals surface area contributed by atoms with Gasteiger partial charge in [-0.1, -0.05) is 43.4 Å². The number of anilines is 1. The number of hydrogen-bond donors (Lipinski definition) is 2. The molecule has 0 aliphatic carbocycles. The second kappa shape index (κ2) is 11.8. The maximum absolute atomic E-state index is 10.7. The van der Waals surface area contributed by atoms with E-state index in [9.17, 15) is 4.79 Å². The quantitative estimate of drug-likeness (QED) is 0.103. The number of rotatable bonds is 9. The lowest BCUT2D eigenvalue weighted by Crippen LogP contribution is -2.33. The molecule has 2 N–H and O–H groups in total. The van der Waals surface area contributed by atoms with Gasteiger partial charge in [-0.05, 0) is 24.6 Å². The number of amidine groups is 1. The third kappa shape index (κ3) is 6.84. The molecule has 0 amide bonds. The van der Waals surface area contributed by atoms with Crippen LogP contribution in [-0.2, 0) is 4.79 Å². The Morgan fingerprint density at radius 3 is 2.67 bits per heavy atom. The average Bonchev–Trinajstić information content (AvgIpc) is 2.64. The minimum Gasteiger partial charge on any atom is -0.322 e. The van der Waals surface area contributed by atoms with Gasteiger partial charge >= 0.3 is 0 Å². The Kier molecular flexibility index (Phi) is 10.0. The monoisotopic (exact) mass is 363 g/mol. The summed E-state index contributed by atoms with van der Waals surface area (Å²) in [6, 6.07) is 10.0. The van der Waals surface area contributed by atoms with E-state index in [4.69, 9.17) is 5.84 Å². The smallest absolute Gasteiger partial charge is 0.139 e. The van der Waals surface area contributed by atoms with Crippen LogP contribution in [0.2, 0.25) is 0 Å². The number of hydrazone groups is 1. The van der Waals surface area contributed by atoms with E-state index in [0.29, 0.717) is 5.75 Å². The highest BCUT2D eigenvalue weighted by atomic mass is 32.2. The van der Waals surface area contributed by atoms with Crippen LogP contribution in [-0.4, -0.2) is 29.5 Å². The molecule has 24 heavy (non-hydrogen) atoms. The van der Waals surface area contributed by atoms with Gasteiger partial charge in [0.15, 0.2) is 0 Å². The summed E-state index contributed by atoms with van der Waals surface area (Å²) < 4.78 is 0. The third-order valence-corrected chi connectivity index (χ3v) is 4.62. The largest absolute Gasteiger partial charge is 0.322 e. The van der Waals surface area contributed by atoms with E-state index < -0.39 is 0 Å². The van der Waals surface area contributed by atoms with Gasteiger partial charge in [-0.15, -0.1) is 11.8 Å². The normalized spacial score (nSPS) is 14.0. The van der Waals surface area contributed by atoms with Crippen molar-refractivity contribution in [3.8, 4) is 0 Å². The molecule has 0 aromatic heterocycles. The molecule has 1 aromatic carbocycles. The van der Waals surface area contributed by atoms with E-state index in [1.807, 2.05) is 56.3 Å². The van der Waals surface area contributed by atoms with Crippen LogP contribution in [0.4, 0.5) is 5.69 Å². The maximum atomic E-state index is 10.7. The zero-order valence-corrected chi connectivity index (χ0v) is 15.8. The minimum atomic E-state index is -0.0640. The standard InChI is InChI=1S/C18H25N3OS2/c1-3-16(10-9-15(2)11-22)13-24-14-21(18(12-23)20-19)17-7-5-4-6-8-17/h3-11,15,23H,12-14,19H2,1-2H3/b10-9-,16-3+,20-18-. The first-order valence-electron chi connectivity index (χ1n) is 7.72. The Bertz CT molecular complexity index is 585. The molecule has 0 saturated heterocycles. The first kappa shape index (κ1) is 20.4. The Morgan fingerprint density at radius 2 is 2.12 bits per heavy atom. The molecule has 130 valence electrons. The molecule has 0 spiro atoms. The van der Waals surface area contributed by atoms with Crippen LogP contribution in [0, 0.1) is 5.92 Å². The van der Waals surface area contributed by atoms with Crippen molar-refractivity contribution >= 4 is 42.2 Å². The zero-order chi connectivity index (χ0) is 17.8. The van der Waals surface area contributed by atoms with Crippen molar-refractivity contribution < 1.29 is 4.79 Å². The second-order valence-corrected chi connectivity index (χ2v) is 6.43. The fraction of sp³-hybridized carbons (Fsp3) is 0.333. The van der Waals surface area contributed by atoms with Crippen LogP contribution >= 0.6 is 24.4 Å². The van der Waals surface area contributed by atoms with E-state index in [1.165, 1.54) is 5.57 Å². The molecule has 0 aliphatic heterocycles. The van der Waals surface area contributed by atoms with Crippen LogP contribution in [0.25, 0.3) is 0 Å². The van der Waals surface area contributed by atoms with Crippen LogP contribution in [0.1, 0.15) is 13.8 Å². The molecule has 0 aliphatic rings. The summed E-state index contributed by atoms with van der Waals surface area (Å²) in [5, 5.41) is 3.86. The number of carbonyl (C=O) groups is 1.